The van der Waals surface area contributed by atoms with E-state index in [9.17, 15) is 4.39 Å². The van der Waals surface area contributed by atoms with Gasteiger partial charge in [0.25, 0.3) is 0 Å². The molecular formula is C14H20ClFN2. The molecule has 0 aromatic heterocycles. The number of hydrogen-bond acceptors (Lipinski definition) is 2. The highest BCUT2D eigenvalue weighted by Crippen LogP contribution is 2.26. The Kier molecular flexibility index (Phi) is 4.60. The van der Waals surface area contributed by atoms with E-state index in [4.69, 9.17) is 11.6 Å². The fraction of sp³-hybridized carbons (Fsp3) is 0.571. The van der Waals surface area contributed by atoms with Gasteiger partial charge in [0.15, 0.2) is 0 Å². The average Bonchev–Trinajstić information content (AvgIpc) is 2.35. The van der Waals surface area contributed by atoms with Crippen molar-refractivity contribution in [1.29, 1.82) is 0 Å². The summed E-state index contributed by atoms with van der Waals surface area (Å²) < 4.78 is 14.0. The zero-order chi connectivity index (χ0) is 13.1. The summed E-state index contributed by atoms with van der Waals surface area (Å²) in [7, 11) is 0. The molecule has 0 unspecified atom stereocenters. The second kappa shape index (κ2) is 6.00. The Morgan fingerprint density at radius 3 is 2.61 bits per heavy atom. The van der Waals surface area contributed by atoms with Crippen LogP contribution in [0.1, 0.15) is 30.9 Å². The van der Waals surface area contributed by atoms with Gasteiger partial charge in [0.1, 0.15) is 5.82 Å². The maximum absolute atomic E-state index is 14.0. The van der Waals surface area contributed by atoms with Gasteiger partial charge in [0, 0.05) is 38.3 Å². The minimum Gasteiger partial charge on any atom is -0.314 e. The Hall–Kier alpha value is -0.640. The molecule has 2 nitrogen and oxygen atoms in total. The standard InChI is InChI=1S/C14H20ClFN2/c1-10(2)11-7-12(14(16)13(15)8-11)9-18-5-3-17-4-6-18/h7-8,10,17H,3-6,9H2,1-2H3. The zero-order valence-electron chi connectivity index (χ0n) is 11.0. The van der Waals surface area contributed by atoms with Gasteiger partial charge in [-0.1, -0.05) is 31.5 Å². The van der Waals surface area contributed by atoms with Crippen molar-refractivity contribution in [3.05, 3.63) is 34.1 Å². The Balaban J connectivity index is 2.19. The number of nitrogens with zero attached hydrogens (tertiary/aromatic N) is 1. The quantitative estimate of drug-likeness (QED) is 0.908. The molecule has 2 rings (SSSR count). The Morgan fingerprint density at radius 1 is 1.33 bits per heavy atom. The normalized spacial score (nSPS) is 17.4. The smallest absolute Gasteiger partial charge is 0.146 e. The topological polar surface area (TPSA) is 15.3 Å². The summed E-state index contributed by atoms with van der Waals surface area (Å²) in [5.74, 6) is 0.101. The molecule has 1 fully saturated rings. The summed E-state index contributed by atoms with van der Waals surface area (Å²) in [4.78, 5) is 2.26. The van der Waals surface area contributed by atoms with Crippen LogP contribution in [0.3, 0.4) is 0 Å². The Bertz CT molecular complexity index is 415. The number of nitrogens with one attached hydrogen (secondary N) is 1. The van der Waals surface area contributed by atoms with Gasteiger partial charge in [-0.05, 0) is 17.5 Å². The lowest BCUT2D eigenvalue weighted by molar-refractivity contribution is 0.230. The van der Waals surface area contributed by atoms with Crippen LogP contribution in [0, 0.1) is 5.82 Å². The molecule has 0 saturated carbocycles. The first-order valence-electron chi connectivity index (χ1n) is 6.49. The van der Waals surface area contributed by atoms with Crippen LogP contribution >= 0.6 is 11.6 Å². The highest BCUT2D eigenvalue weighted by Gasteiger charge is 2.16. The van der Waals surface area contributed by atoms with E-state index < -0.39 is 0 Å². The van der Waals surface area contributed by atoms with Crippen LogP contribution in [0.5, 0.6) is 0 Å². The van der Waals surface area contributed by atoms with E-state index in [1.807, 2.05) is 6.07 Å². The first-order chi connectivity index (χ1) is 8.58. The fourth-order valence-corrected chi connectivity index (χ4v) is 2.48. The third-order valence-electron chi connectivity index (χ3n) is 3.40. The van der Waals surface area contributed by atoms with Crippen LogP contribution in [0.15, 0.2) is 12.1 Å². The summed E-state index contributed by atoms with van der Waals surface area (Å²) in [6.07, 6.45) is 0. The number of halogens is 2. The van der Waals surface area contributed by atoms with Gasteiger partial charge in [-0.2, -0.15) is 0 Å². The van der Waals surface area contributed by atoms with Crippen molar-refractivity contribution >= 4 is 11.6 Å². The molecule has 0 radical (unpaired) electrons. The van der Waals surface area contributed by atoms with Crippen LogP contribution < -0.4 is 5.32 Å². The third-order valence-corrected chi connectivity index (χ3v) is 3.67. The number of hydrogen-bond donors (Lipinski definition) is 1. The van der Waals surface area contributed by atoms with Crippen molar-refractivity contribution in [3.8, 4) is 0 Å². The van der Waals surface area contributed by atoms with Crippen LogP contribution in [0.25, 0.3) is 0 Å². The van der Waals surface area contributed by atoms with Crippen molar-refractivity contribution in [1.82, 2.24) is 10.2 Å². The molecule has 1 aromatic carbocycles. The van der Waals surface area contributed by atoms with Gasteiger partial charge in [-0.25, -0.2) is 4.39 Å². The van der Waals surface area contributed by atoms with Gasteiger partial charge >= 0.3 is 0 Å². The largest absolute Gasteiger partial charge is 0.314 e. The summed E-state index contributed by atoms with van der Waals surface area (Å²) in [5, 5.41) is 3.54. The second-order valence-corrected chi connectivity index (χ2v) is 5.56. The molecule has 1 aliphatic heterocycles. The molecule has 0 atom stereocenters. The molecule has 0 amide bonds. The van der Waals surface area contributed by atoms with E-state index in [2.05, 4.69) is 24.1 Å². The molecular weight excluding hydrogens is 251 g/mol. The molecule has 1 saturated heterocycles. The SMILES string of the molecule is CC(C)c1cc(Cl)c(F)c(CN2CCNCC2)c1. The van der Waals surface area contributed by atoms with Crippen molar-refractivity contribution < 1.29 is 4.39 Å². The summed E-state index contributed by atoms with van der Waals surface area (Å²) in [6, 6.07) is 3.69. The monoisotopic (exact) mass is 270 g/mol. The molecule has 1 heterocycles. The predicted octanol–water partition coefficient (Wildman–Crippen LogP) is 3.01. The van der Waals surface area contributed by atoms with E-state index in [0.717, 1.165) is 31.7 Å². The van der Waals surface area contributed by atoms with E-state index in [-0.39, 0.29) is 10.8 Å². The lowest BCUT2D eigenvalue weighted by Crippen LogP contribution is -2.43. The molecule has 1 N–H and O–H groups in total. The minimum absolute atomic E-state index is 0.242. The van der Waals surface area contributed by atoms with Crippen molar-refractivity contribution in [2.45, 2.75) is 26.3 Å². The van der Waals surface area contributed by atoms with E-state index in [1.165, 1.54) is 0 Å². The summed E-state index contributed by atoms with van der Waals surface area (Å²) in [5.41, 5.74) is 1.82. The van der Waals surface area contributed by atoms with Gasteiger partial charge in [-0.15, -0.1) is 0 Å². The highest BCUT2D eigenvalue weighted by atomic mass is 35.5. The van der Waals surface area contributed by atoms with Crippen LogP contribution in [0.2, 0.25) is 5.02 Å². The van der Waals surface area contributed by atoms with Gasteiger partial charge < -0.3 is 5.32 Å². The number of piperazine rings is 1. The molecule has 0 aliphatic carbocycles. The van der Waals surface area contributed by atoms with E-state index in [0.29, 0.717) is 18.0 Å². The maximum Gasteiger partial charge on any atom is 0.146 e. The molecule has 100 valence electrons. The molecule has 1 aliphatic rings. The van der Waals surface area contributed by atoms with Crippen molar-refractivity contribution in [2.75, 3.05) is 26.2 Å². The van der Waals surface area contributed by atoms with Crippen LogP contribution in [-0.2, 0) is 6.54 Å². The molecule has 4 heteroatoms. The maximum atomic E-state index is 14.0. The number of benzene rings is 1. The number of rotatable bonds is 3. The van der Waals surface area contributed by atoms with Gasteiger partial charge in [-0.3, -0.25) is 4.90 Å². The first-order valence-corrected chi connectivity index (χ1v) is 6.86. The van der Waals surface area contributed by atoms with Crippen LogP contribution in [-0.4, -0.2) is 31.1 Å². The van der Waals surface area contributed by atoms with Crippen molar-refractivity contribution in [3.63, 3.8) is 0 Å². The predicted molar refractivity (Wildman–Crippen MR) is 73.6 cm³/mol. The summed E-state index contributed by atoms with van der Waals surface area (Å²) in [6.45, 7) is 8.70. The zero-order valence-corrected chi connectivity index (χ0v) is 11.7. The Labute approximate surface area is 113 Å². The second-order valence-electron chi connectivity index (χ2n) is 5.16. The van der Waals surface area contributed by atoms with Crippen molar-refractivity contribution in [2.24, 2.45) is 0 Å². The lowest BCUT2D eigenvalue weighted by Gasteiger charge is -2.27. The fourth-order valence-electron chi connectivity index (χ4n) is 2.23. The van der Waals surface area contributed by atoms with Gasteiger partial charge in [0.2, 0.25) is 0 Å². The molecule has 18 heavy (non-hydrogen) atoms. The van der Waals surface area contributed by atoms with Crippen LogP contribution in [0.4, 0.5) is 4.39 Å². The molecule has 1 aromatic rings. The lowest BCUT2D eigenvalue weighted by atomic mass is 10.00. The van der Waals surface area contributed by atoms with E-state index >= 15 is 0 Å². The molecule has 0 bridgehead atoms. The molecule has 0 spiro atoms. The van der Waals surface area contributed by atoms with E-state index in [1.54, 1.807) is 6.07 Å². The highest BCUT2D eigenvalue weighted by molar-refractivity contribution is 6.30. The third kappa shape index (κ3) is 3.22. The first kappa shape index (κ1) is 13.8. The average molecular weight is 271 g/mol. The Morgan fingerprint density at radius 2 is 2.00 bits per heavy atom. The minimum atomic E-state index is -0.264. The van der Waals surface area contributed by atoms with Gasteiger partial charge in [0.05, 0.1) is 5.02 Å². The summed E-state index contributed by atoms with van der Waals surface area (Å²) >= 11 is 5.97.